The lowest BCUT2D eigenvalue weighted by Gasteiger charge is -2.47. The molecule has 2 aliphatic heterocycles. The fourth-order valence-electron chi connectivity index (χ4n) is 5.33. The zero-order valence-electron chi connectivity index (χ0n) is 23.3. The Morgan fingerprint density at radius 3 is 2.66 bits per heavy atom. The number of anilines is 1. The monoisotopic (exact) mass is 573 g/mol. The van der Waals surface area contributed by atoms with Gasteiger partial charge in [0.2, 0.25) is 17.6 Å². The summed E-state index contributed by atoms with van der Waals surface area (Å²) in [6.07, 6.45) is 5.05. The van der Waals surface area contributed by atoms with Crippen molar-refractivity contribution in [3.63, 3.8) is 0 Å². The molecule has 3 heterocycles. The molecule has 224 valence electrons. The van der Waals surface area contributed by atoms with Crippen LogP contribution in [0.15, 0.2) is 35.0 Å². The van der Waals surface area contributed by atoms with E-state index in [1.54, 1.807) is 0 Å². The number of nitrogens with two attached hydrogens (primary N) is 2. The van der Waals surface area contributed by atoms with E-state index in [0.29, 0.717) is 5.92 Å². The molecule has 0 radical (unpaired) electrons. The maximum atomic E-state index is 13.1. The summed E-state index contributed by atoms with van der Waals surface area (Å²) in [5.74, 6) is 2.39. The highest BCUT2D eigenvalue weighted by molar-refractivity contribution is 6.36. The number of fused-ring (bicyclic) bond motifs is 2. The standard InChI is InChI=1S/C26H39N9O6/c1-15-11-16-5-3-9-34(13-16)22(15)33-21(37)14-35-10-4-6-19(26(35)41)32-24(39)18(7-8-20(36)25(40)29-2)31-23(38)17(27)12-30-28/h4,6,10,12,15-16,18,22,30H,3,5,7-9,11,13-14,27-28H2,1-2H3,(H,29,40)(H,31,38)(H,32,39)(H,33,37)/b17-12-. The minimum atomic E-state index is -1.33. The molecule has 4 amide bonds. The summed E-state index contributed by atoms with van der Waals surface area (Å²) in [6, 6.07) is 1.52. The highest BCUT2D eigenvalue weighted by atomic mass is 16.2. The number of hydrogen-bond donors (Lipinski definition) is 7. The van der Waals surface area contributed by atoms with Crippen LogP contribution >= 0.6 is 0 Å². The van der Waals surface area contributed by atoms with Gasteiger partial charge in [-0.05, 0) is 49.7 Å². The zero-order chi connectivity index (χ0) is 30.1. The number of amides is 4. The zero-order valence-corrected chi connectivity index (χ0v) is 23.3. The highest BCUT2D eigenvalue weighted by Gasteiger charge is 2.36. The van der Waals surface area contributed by atoms with E-state index in [9.17, 15) is 28.8 Å². The second kappa shape index (κ2) is 14.4. The van der Waals surface area contributed by atoms with Gasteiger partial charge >= 0.3 is 0 Å². The molecule has 0 aromatic carbocycles. The Bertz CT molecular complexity index is 1240. The number of likely N-dealkylation sites (N-methyl/N-ethyl adjacent to an activating group) is 1. The number of hydrazine groups is 1. The predicted molar refractivity (Wildman–Crippen MR) is 149 cm³/mol. The Hall–Kier alpha value is -4.24. The molecule has 1 aromatic heterocycles. The van der Waals surface area contributed by atoms with Crippen molar-refractivity contribution in [3.05, 3.63) is 40.6 Å². The van der Waals surface area contributed by atoms with E-state index in [1.165, 1.54) is 36.4 Å². The average Bonchev–Trinajstić information content (AvgIpc) is 2.94. The van der Waals surface area contributed by atoms with Crippen LogP contribution in [0.4, 0.5) is 5.69 Å². The maximum absolute atomic E-state index is 13.1. The molecule has 2 bridgehead atoms. The van der Waals surface area contributed by atoms with Crippen molar-refractivity contribution >= 4 is 35.1 Å². The highest BCUT2D eigenvalue weighted by Crippen LogP contribution is 2.32. The summed E-state index contributed by atoms with van der Waals surface area (Å²) < 4.78 is 1.17. The summed E-state index contributed by atoms with van der Waals surface area (Å²) in [5, 5.41) is 10.1. The van der Waals surface area contributed by atoms with Crippen molar-refractivity contribution in [3.8, 4) is 0 Å². The molecule has 2 aliphatic rings. The van der Waals surface area contributed by atoms with Crippen molar-refractivity contribution in [1.29, 1.82) is 0 Å². The molecular formula is C26H39N9O6. The van der Waals surface area contributed by atoms with Gasteiger partial charge in [-0.15, -0.1) is 0 Å². The second-order valence-corrected chi connectivity index (χ2v) is 10.4. The van der Waals surface area contributed by atoms with Crippen LogP contribution in [-0.2, 0) is 30.5 Å². The minimum absolute atomic E-state index is 0.101. The second-order valence-electron chi connectivity index (χ2n) is 10.4. The number of aromatic nitrogens is 1. The molecule has 3 rings (SSSR count). The van der Waals surface area contributed by atoms with Gasteiger partial charge < -0.3 is 37.0 Å². The van der Waals surface area contributed by atoms with E-state index >= 15 is 0 Å². The van der Waals surface area contributed by atoms with Crippen LogP contribution in [-0.4, -0.2) is 71.2 Å². The van der Waals surface area contributed by atoms with Crippen LogP contribution in [0.25, 0.3) is 0 Å². The molecule has 0 saturated carbocycles. The maximum Gasteiger partial charge on any atom is 0.287 e. The first kappa shape index (κ1) is 31.3. The number of Topliss-reactive ketones (excluding diaryl/α,β-unsaturated/α-hetero) is 1. The Morgan fingerprint density at radius 2 is 1.95 bits per heavy atom. The number of rotatable bonds is 12. The lowest BCUT2D eigenvalue weighted by atomic mass is 9.82. The molecule has 9 N–H and O–H groups in total. The smallest absolute Gasteiger partial charge is 0.287 e. The van der Waals surface area contributed by atoms with Gasteiger partial charge in [0, 0.05) is 39.0 Å². The Morgan fingerprint density at radius 1 is 1.20 bits per heavy atom. The fraction of sp³-hybridized carbons (Fsp3) is 0.538. The van der Waals surface area contributed by atoms with Crippen LogP contribution < -0.4 is 43.8 Å². The van der Waals surface area contributed by atoms with Gasteiger partial charge in [-0.1, -0.05) is 6.92 Å². The van der Waals surface area contributed by atoms with E-state index in [-0.39, 0.29) is 48.8 Å². The number of nitrogens with zero attached hydrogens (tertiary/aromatic N) is 2. The lowest BCUT2D eigenvalue weighted by Crippen LogP contribution is -2.59. The number of ketones is 1. The van der Waals surface area contributed by atoms with Gasteiger partial charge in [0.15, 0.2) is 0 Å². The van der Waals surface area contributed by atoms with Crippen LogP contribution in [0.1, 0.15) is 39.0 Å². The Kier molecular flexibility index (Phi) is 11.0. The van der Waals surface area contributed by atoms with Gasteiger partial charge in [0.25, 0.3) is 17.4 Å². The van der Waals surface area contributed by atoms with Crippen molar-refractivity contribution < 1.29 is 24.0 Å². The van der Waals surface area contributed by atoms with Crippen LogP contribution in [0.5, 0.6) is 0 Å². The molecule has 5 atom stereocenters. The largest absolute Gasteiger partial charge is 0.393 e. The molecule has 15 nitrogen and oxygen atoms in total. The van der Waals surface area contributed by atoms with Crippen molar-refractivity contribution in [2.24, 2.45) is 23.4 Å². The third-order valence-electron chi connectivity index (χ3n) is 7.35. The molecule has 41 heavy (non-hydrogen) atoms. The van der Waals surface area contributed by atoms with Crippen LogP contribution in [0.2, 0.25) is 0 Å². The number of pyridine rings is 1. The van der Waals surface area contributed by atoms with Gasteiger partial charge in [-0.3, -0.25) is 39.5 Å². The lowest BCUT2D eigenvalue weighted by molar-refractivity contribution is -0.137. The first-order valence-electron chi connectivity index (χ1n) is 13.5. The summed E-state index contributed by atoms with van der Waals surface area (Å²) in [7, 11) is 1.29. The van der Waals surface area contributed by atoms with E-state index in [4.69, 9.17) is 11.6 Å². The van der Waals surface area contributed by atoms with Gasteiger partial charge in [0.05, 0.1) is 6.17 Å². The quantitative estimate of drug-likeness (QED) is 0.0620. The normalized spacial score (nSPS) is 22.6. The third kappa shape index (κ3) is 8.38. The minimum Gasteiger partial charge on any atom is -0.393 e. The SMILES string of the molecule is CNC(=O)C(=O)CCC(NC(=O)/C(N)=C/NN)C(=O)Nc1cccn(CC(=O)NC2C(C)CC3CCCN2C3)c1=O. The topological polar surface area (TPSA) is 223 Å². The first-order chi connectivity index (χ1) is 19.5. The van der Waals surface area contributed by atoms with E-state index in [0.717, 1.165) is 32.1 Å². The molecule has 0 aliphatic carbocycles. The van der Waals surface area contributed by atoms with Crippen LogP contribution in [0.3, 0.4) is 0 Å². The number of piperidine rings is 2. The average molecular weight is 574 g/mol. The fourth-order valence-corrected chi connectivity index (χ4v) is 5.33. The molecule has 2 saturated heterocycles. The number of nitrogens with one attached hydrogen (secondary N) is 5. The summed E-state index contributed by atoms with van der Waals surface area (Å²) in [5.41, 5.74) is 6.57. The molecule has 15 heteroatoms. The predicted octanol–water partition coefficient (Wildman–Crippen LogP) is -2.18. The van der Waals surface area contributed by atoms with Crippen LogP contribution in [0, 0.1) is 11.8 Å². The van der Waals surface area contributed by atoms with Gasteiger partial charge in [-0.25, -0.2) is 0 Å². The number of carbonyl (C=O) groups excluding carboxylic acids is 5. The summed E-state index contributed by atoms with van der Waals surface area (Å²) >= 11 is 0. The van der Waals surface area contributed by atoms with Crippen molar-refractivity contribution in [2.45, 2.75) is 57.8 Å². The third-order valence-corrected chi connectivity index (χ3v) is 7.35. The van der Waals surface area contributed by atoms with E-state index < -0.39 is 35.1 Å². The van der Waals surface area contributed by atoms with Gasteiger partial charge in [-0.2, -0.15) is 0 Å². The van der Waals surface area contributed by atoms with Crippen molar-refractivity contribution in [2.75, 3.05) is 25.5 Å². The Balaban J connectivity index is 1.69. The molecule has 0 spiro atoms. The van der Waals surface area contributed by atoms with Crippen molar-refractivity contribution in [1.82, 2.24) is 30.8 Å². The Labute approximate surface area is 237 Å². The number of carbonyl (C=O) groups is 5. The van der Waals surface area contributed by atoms with Gasteiger partial charge in [0.1, 0.15) is 24.0 Å². The van der Waals surface area contributed by atoms with E-state index in [2.05, 4.69) is 38.5 Å². The summed E-state index contributed by atoms with van der Waals surface area (Å²) in [6.45, 7) is 3.74. The number of hydrogen-bond acceptors (Lipinski definition) is 10. The van der Waals surface area contributed by atoms with E-state index in [1.807, 2.05) is 0 Å². The summed E-state index contributed by atoms with van der Waals surface area (Å²) in [4.78, 5) is 77.4. The molecule has 5 unspecified atom stereocenters. The molecule has 2 fully saturated rings. The molecule has 1 aromatic rings. The first-order valence-corrected chi connectivity index (χ1v) is 13.5. The molecular weight excluding hydrogens is 534 g/mol.